The molecule has 98 valence electrons. The summed E-state index contributed by atoms with van der Waals surface area (Å²) < 4.78 is 0. The topological polar surface area (TPSA) is 32.3 Å². The molecule has 1 aromatic rings. The molecule has 0 aromatic heterocycles. The lowest BCUT2D eigenvalue weighted by Crippen LogP contribution is -2.33. The third-order valence-electron chi connectivity index (χ3n) is 3.29. The number of rotatable bonds is 3. The molecular formula is C15H22N2O. The fourth-order valence-electron chi connectivity index (χ4n) is 2.48. The molecule has 3 heteroatoms. The molecule has 1 heterocycles. The van der Waals surface area contributed by atoms with Crippen LogP contribution in [0.3, 0.4) is 0 Å². The van der Waals surface area contributed by atoms with Gasteiger partial charge in [-0.1, -0.05) is 43.7 Å². The van der Waals surface area contributed by atoms with E-state index in [-0.39, 0.29) is 18.1 Å². The monoisotopic (exact) mass is 246 g/mol. The lowest BCUT2D eigenvalue weighted by Gasteiger charge is -2.26. The van der Waals surface area contributed by atoms with Crippen molar-refractivity contribution in [1.82, 2.24) is 10.2 Å². The number of carbonyl (C=O) groups is 1. The van der Waals surface area contributed by atoms with Crippen LogP contribution in [0.1, 0.15) is 38.1 Å². The molecule has 1 saturated heterocycles. The summed E-state index contributed by atoms with van der Waals surface area (Å²) in [7, 11) is 0. The smallest absolute Gasteiger partial charge is 0.241 e. The van der Waals surface area contributed by atoms with Crippen LogP contribution in [0.2, 0.25) is 0 Å². The number of amides is 1. The van der Waals surface area contributed by atoms with Gasteiger partial charge in [0.05, 0.1) is 6.04 Å². The van der Waals surface area contributed by atoms with Gasteiger partial charge in [-0.25, -0.2) is 0 Å². The molecule has 1 aliphatic rings. The van der Waals surface area contributed by atoms with Crippen LogP contribution in [0.15, 0.2) is 24.3 Å². The highest BCUT2D eigenvalue weighted by atomic mass is 16.2. The van der Waals surface area contributed by atoms with E-state index in [1.165, 1.54) is 11.1 Å². The van der Waals surface area contributed by atoms with E-state index in [4.69, 9.17) is 0 Å². The van der Waals surface area contributed by atoms with Gasteiger partial charge in [-0.15, -0.1) is 0 Å². The van der Waals surface area contributed by atoms with E-state index < -0.39 is 0 Å². The van der Waals surface area contributed by atoms with E-state index >= 15 is 0 Å². The molecule has 2 atom stereocenters. The Morgan fingerprint density at radius 1 is 1.39 bits per heavy atom. The van der Waals surface area contributed by atoms with Crippen LogP contribution in [-0.4, -0.2) is 23.4 Å². The molecule has 0 radical (unpaired) electrons. The number of carbonyl (C=O) groups excluding carboxylic acids is 1. The third kappa shape index (κ3) is 2.56. The molecule has 1 fully saturated rings. The summed E-state index contributed by atoms with van der Waals surface area (Å²) in [6, 6.07) is 8.28. The second-order valence-electron chi connectivity index (χ2n) is 5.59. The first-order valence-electron chi connectivity index (χ1n) is 6.62. The van der Waals surface area contributed by atoms with E-state index in [0.29, 0.717) is 5.92 Å². The second kappa shape index (κ2) is 5.11. The minimum absolute atomic E-state index is 0.0230. The van der Waals surface area contributed by atoms with E-state index in [0.717, 1.165) is 6.54 Å². The maximum Gasteiger partial charge on any atom is 0.241 e. The third-order valence-corrected chi connectivity index (χ3v) is 3.29. The zero-order valence-corrected chi connectivity index (χ0v) is 11.6. The zero-order valence-electron chi connectivity index (χ0n) is 11.6. The maximum atomic E-state index is 12.2. The average Bonchev–Trinajstić information content (AvgIpc) is 2.57. The first kappa shape index (κ1) is 13.1. The van der Waals surface area contributed by atoms with Gasteiger partial charge in [0.2, 0.25) is 5.91 Å². The van der Waals surface area contributed by atoms with Gasteiger partial charge in [-0.05, 0) is 25.3 Å². The van der Waals surface area contributed by atoms with Crippen LogP contribution < -0.4 is 5.32 Å². The van der Waals surface area contributed by atoms with Gasteiger partial charge < -0.3 is 4.90 Å². The Hall–Kier alpha value is -1.35. The Morgan fingerprint density at radius 2 is 2.11 bits per heavy atom. The van der Waals surface area contributed by atoms with Crippen LogP contribution in [-0.2, 0) is 4.79 Å². The van der Waals surface area contributed by atoms with Crippen molar-refractivity contribution in [3.8, 4) is 0 Å². The van der Waals surface area contributed by atoms with Gasteiger partial charge in [-0.3, -0.25) is 10.1 Å². The van der Waals surface area contributed by atoms with E-state index in [1.54, 1.807) is 0 Å². The predicted octanol–water partition coefficient (Wildman–Crippen LogP) is 2.47. The van der Waals surface area contributed by atoms with Crippen molar-refractivity contribution >= 4 is 5.91 Å². The minimum Gasteiger partial charge on any atom is -0.321 e. The number of benzene rings is 1. The maximum absolute atomic E-state index is 12.2. The fourth-order valence-corrected chi connectivity index (χ4v) is 2.48. The van der Waals surface area contributed by atoms with Crippen molar-refractivity contribution in [3.05, 3.63) is 35.4 Å². The largest absolute Gasteiger partial charge is 0.321 e. The summed E-state index contributed by atoms with van der Waals surface area (Å²) in [5.74, 6) is 0.684. The molecule has 18 heavy (non-hydrogen) atoms. The van der Waals surface area contributed by atoms with Gasteiger partial charge in [0.15, 0.2) is 0 Å². The standard InChI is InChI=1S/C15H22N2O/c1-10(2)9-17-14(16-12(4)15(17)18)13-7-5-6-11(3)8-13/h5-8,10,12,14,16H,9H2,1-4H3. The first-order chi connectivity index (χ1) is 8.49. The summed E-state index contributed by atoms with van der Waals surface area (Å²) in [4.78, 5) is 14.1. The van der Waals surface area contributed by atoms with Gasteiger partial charge in [0.25, 0.3) is 0 Å². The molecule has 2 unspecified atom stereocenters. The van der Waals surface area contributed by atoms with Crippen molar-refractivity contribution in [2.75, 3.05) is 6.54 Å². The Bertz CT molecular complexity index is 442. The molecule has 1 amide bonds. The second-order valence-corrected chi connectivity index (χ2v) is 5.59. The molecule has 0 saturated carbocycles. The van der Waals surface area contributed by atoms with E-state index in [1.807, 2.05) is 17.9 Å². The SMILES string of the molecule is Cc1cccc(C2NC(C)C(=O)N2CC(C)C)c1. The molecule has 3 nitrogen and oxygen atoms in total. The van der Waals surface area contributed by atoms with E-state index in [9.17, 15) is 4.79 Å². The molecule has 1 aliphatic heterocycles. The minimum atomic E-state index is -0.0886. The fraction of sp³-hybridized carbons (Fsp3) is 0.533. The summed E-state index contributed by atoms with van der Waals surface area (Å²) in [5.41, 5.74) is 2.40. The number of aryl methyl sites for hydroxylation is 1. The van der Waals surface area contributed by atoms with E-state index in [2.05, 4.69) is 44.3 Å². The van der Waals surface area contributed by atoms with Gasteiger partial charge >= 0.3 is 0 Å². The lowest BCUT2D eigenvalue weighted by molar-refractivity contribution is -0.130. The highest BCUT2D eigenvalue weighted by Gasteiger charge is 2.36. The van der Waals surface area contributed by atoms with Crippen LogP contribution in [0.25, 0.3) is 0 Å². The molecule has 0 bridgehead atoms. The van der Waals surface area contributed by atoms with Gasteiger partial charge in [-0.2, -0.15) is 0 Å². The van der Waals surface area contributed by atoms with Crippen molar-refractivity contribution in [3.63, 3.8) is 0 Å². The van der Waals surface area contributed by atoms with Crippen LogP contribution in [0, 0.1) is 12.8 Å². The normalized spacial score (nSPS) is 24.1. The zero-order chi connectivity index (χ0) is 13.3. The molecule has 2 rings (SSSR count). The highest BCUT2D eigenvalue weighted by Crippen LogP contribution is 2.26. The number of hydrogen-bond donors (Lipinski definition) is 1. The Kier molecular flexibility index (Phi) is 3.71. The Labute approximate surface area is 109 Å². The molecule has 1 N–H and O–H groups in total. The predicted molar refractivity (Wildman–Crippen MR) is 73.1 cm³/mol. The molecular weight excluding hydrogens is 224 g/mol. The molecule has 0 aliphatic carbocycles. The summed E-state index contributed by atoms with van der Waals surface area (Å²) >= 11 is 0. The van der Waals surface area contributed by atoms with Gasteiger partial charge in [0.1, 0.15) is 6.17 Å². The summed E-state index contributed by atoms with van der Waals surface area (Å²) in [5, 5.41) is 3.38. The number of hydrogen-bond acceptors (Lipinski definition) is 2. The van der Waals surface area contributed by atoms with Crippen molar-refractivity contribution in [2.24, 2.45) is 5.92 Å². The Balaban J connectivity index is 2.27. The quantitative estimate of drug-likeness (QED) is 0.888. The Morgan fingerprint density at radius 3 is 2.72 bits per heavy atom. The van der Waals surface area contributed by atoms with Crippen molar-refractivity contribution in [1.29, 1.82) is 0 Å². The van der Waals surface area contributed by atoms with Crippen LogP contribution in [0.5, 0.6) is 0 Å². The molecule has 1 aromatic carbocycles. The van der Waals surface area contributed by atoms with Crippen LogP contribution in [0.4, 0.5) is 0 Å². The van der Waals surface area contributed by atoms with Crippen molar-refractivity contribution in [2.45, 2.75) is 39.9 Å². The average molecular weight is 246 g/mol. The summed E-state index contributed by atoms with van der Waals surface area (Å²) in [6.45, 7) is 9.10. The summed E-state index contributed by atoms with van der Waals surface area (Å²) in [6.07, 6.45) is 0.0230. The van der Waals surface area contributed by atoms with Gasteiger partial charge in [0, 0.05) is 6.54 Å². The lowest BCUT2D eigenvalue weighted by atomic mass is 10.1. The first-order valence-corrected chi connectivity index (χ1v) is 6.62. The number of nitrogens with zero attached hydrogens (tertiary/aromatic N) is 1. The molecule has 0 spiro atoms. The van der Waals surface area contributed by atoms with Crippen LogP contribution >= 0.6 is 0 Å². The highest BCUT2D eigenvalue weighted by molar-refractivity contribution is 5.84. The van der Waals surface area contributed by atoms with Crippen molar-refractivity contribution < 1.29 is 4.79 Å². The number of nitrogens with one attached hydrogen (secondary N) is 1.